The number of thiazole rings is 1. The number of hydrogen-bond donors (Lipinski definition) is 0. The monoisotopic (exact) mass is 231 g/mol. The summed E-state index contributed by atoms with van der Waals surface area (Å²) in [4.78, 5) is 15.1. The van der Waals surface area contributed by atoms with Crippen LogP contribution < -0.4 is 0 Å². The van der Waals surface area contributed by atoms with Gasteiger partial charge in [-0.15, -0.1) is 11.3 Å². The van der Waals surface area contributed by atoms with E-state index in [9.17, 15) is 4.79 Å². The summed E-state index contributed by atoms with van der Waals surface area (Å²) in [6, 6.07) is 0. The van der Waals surface area contributed by atoms with E-state index in [-0.39, 0.29) is 5.78 Å². The molecule has 0 unspecified atom stereocenters. The third-order valence-corrected chi connectivity index (χ3v) is 2.67. The lowest BCUT2D eigenvalue weighted by molar-refractivity contribution is 0.103. The Morgan fingerprint density at radius 2 is 2.45 bits per heavy atom. The molecule has 0 atom stereocenters. The Kier molecular flexibility index (Phi) is 2.57. The summed E-state index contributed by atoms with van der Waals surface area (Å²) < 4.78 is 0.769. The van der Waals surface area contributed by atoms with Gasteiger partial charge in [-0.25, -0.2) is 4.98 Å². The van der Waals surface area contributed by atoms with Crippen LogP contribution in [0.25, 0.3) is 0 Å². The van der Waals surface area contributed by atoms with Gasteiger partial charge in [0.15, 0.2) is 0 Å². The van der Waals surface area contributed by atoms with E-state index in [0.29, 0.717) is 11.3 Å². The zero-order valence-electron chi connectivity index (χ0n) is 5.93. The highest BCUT2D eigenvalue weighted by Crippen LogP contribution is 2.22. The fourth-order valence-corrected chi connectivity index (χ4v) is 1.62. The van der Waals surface area contributed by atoms with E-state index in [1.54, 1.807) is 12.4 Å². The van der Waals surface area contributed by atoms with Crippen LogP contribution in [0.1, 0.15) is 17.4 Å². The highest BCUT2D eigenvalue weighted by molar-refractivity contribution is 9.11. The molecule has 0 aromatic carbocycles. The van der Waals surface area contributed by atoms with Crippen molar-refractivity contribution in [2.75, 3.05) is 0 Å². The molecule has 0 saturated carbocycles. The highest BCUT2D eigenvalue weighted by atomic mass is 79.9. The lowest BCUT2D eigenvalue weighted by Gasteiger charge is -1.93. The largest absolute Gasteiger partial charge is 0.287 e. The Labute approximate surface area is 77.1 Å². The van der Waals surface area contributed by atoms with Gasteiger partial charge in [-0.05, 0) is 28.4 Å². The van der Waals surface area contributed by atoms with Gasteiger partial charge >= 0.3 is 0 Å². The zero-order valence-corrected chi connectivity index (χ0v) is 8.33. The number of hydrogen-bond acceptors (Lipinski definition) is 3. The van der Waals surface area contributed by atoms with E-state index in [1.807, 2.05) is 0 Å². The third kappa shape index (κ3) is 1.75. The number of halogens is 1. The zero-order chi connectivity index (χ0) is 8.43. The van der Waals surface area contributed by atoms with E-state index < -0.39 is 0 Å². The van der Waals surface area contributed by atoms with Crippen molar-refractivity contribution in [1.29, 1.82) is 0 Å². The van der Waals surface area contributed by atoms with Gasteiger partial charge in [0, 0.05) is 0 Å². The molecule has 1 heterocycles. The Morgan fingerprint density at radius 1 is 1.82 bits per heavy atom. The van der Waals surface area contributed by atoms with E-state index >= 15 is 0 Å². The molecule has 0 amide bonds. The molecule has 1 rings (SSSR count). The maximum atomic E-state index is 11.2. The molecular formula is C7H6BrNOS. The Morgan fingerprint density at radius 3 is 2.82 bits per heavy atom. The van der Waals surface area contributed by atoms with Crippen LogP contribution in [0.2, 0.25) is 0 Å². The molecule has 0 aliphatic heterocycles. The second kappa shape index (κ2) is 3.28. The van der Waals surface area contributed by atoms with Crippen molar-refractivity contribution in [2.24, 2.45) is 0 Å². The molecule has 4 heteroatoms. The van der Waals surface area contributed by atoms with E-state index in [1.165, 1.54) is 11.3 Å². The van der Waals surface area contributed by atoms with E-state index in [2.05, 4.69) is 27.5 Å². The fraction of sp³-hybridized carbons (Fsp3) is 0.143. The van der Waals surface area contributed by atoms with Crippen LogP contribution in [0.15, 0.2) is 21.4 Å². The van der Waals surface area contributed by atoms with Crippen molar-refractivity contribution in [3.8, 4) is 0 Å². The smallest absolute Gasteiger partial charge is 0.208 e. The van der Waals surface area contributed by atoms with E-state index in [0.717, 1.165) is 3.79 Å². The number of carbonyl (C=O) groups excluding carboxylic acids is 1. The first-order chi connectivity index (χ1) is 5.13. The normalized spacial score (nSPS) is 9.64. The van der Waals surface area contributed by atoms with Crippen molar-refractivity contribution in [1.82, 2.24) is 4.98 Å². The first-order valence-corrected chi connectivity index (χ1v) is 4.59. The van der Waals surface area contributed by atoms with Gasteiger partial charge in [0.1, 0.15) is 9.48 Å². The van der Waals surface area contributed by atoms with Crippen molar-refractivity contribution < 1.29 is 4.79 Å². The summed E-state index contributed by atoms with van der Waals surface area (Å²) in [5.74, 6) is -0.0990. The predicted octanol–water partition coefficient (Wildman–Crippen LogP) is 2.66. The quantitative estimate of drug-likeness (QED) is 0.579. The van der Waals surface area contributed by atoms with Crippen molar-refractivity contribution in [3.05, 3.63) is 27.1 Å². The number of aromatic nitrogens is 1. The fourth-order valence-electron chi connectivity index (χ4n) is 0.582. The van der Waals surface area contributed by atoms with Gasteiger partial charge < -0.3 is 0 Å². The number of nitrogens with zero attached hydrogens (tertiary/aromatic N) is 1. The molecule has 1 aromatic rings. The van der Waals surface area contributed by atoms with E-state index in [4.69, 9.17) is 0 Å². The van der Waals surface area contributed by atoms with Crippen LogP contribution in [0, 0.1) is 0 Å². The minimum Gasteiger partial charge on any atom is -0.287 e. The van der Waals surface area contributed by atoms with Crippen LogP contribution >= 0.6 is 27.3 Å². The molecule has 0 bridgehead atoms. The standard InChI is InChI=1S/C7H6BrNOS/c1-4(2)6(10)5-7(8)11-3-9-5/h3H,1H2,2H3. The van der Waals surface area contributed by atoms with Crippen LogP contribution in [-0.2, 0) is 0 Å². The van der Waals surface area contributed by atoms with Crippen LogP contribution in [-0.4, -0.2) is 10.8 Å². The molecule has 2 nitrogen and oxygen atoms in total. The SMILES string of the molecule is C=C(C)C(=O)c1ncsc1Br. The topological polar surface area (TPSA) is 30.0 Å². The van der Waals surface area contributed by atoms with Gasteiger partial charge in [-0.2, -0.15) is 0 Å². The van der Waals surface area contributed by atoms with Crippen molar-refractivity contribution >= 4 is 33.0 Å². The molecule has 0 aliphatic carbocycles. The highest BCUT2D eigenvalue weighted by Gasteiger charge is 2.12. The van der Waals surface area contributed by atoms with Crippen molar-refractivity contribution in [2.45, 2.75) is 6.92 Å². The summed E-state index contributed by atoms with van der Waals surface area (Å²) >= 11 is 4.62. The Balaban J connectivity index is 3.02. The summed E-state index contributed by atoms with van der Waals surface area (Å²) in [5.41, 5.74) is 2.60. The van der Waals surface area contributed by atoms with Crippen molar-refractivity contribution in [3.63, 3.8) is 0 Å². The summed E-state index contributed by atoms with van der Waals surface area (Å²) in [6.45, 7) is 5.22. The molecule has 0 saturated heterocycles. The predicted molar refractivity (Wildman–Crippen MR) is 49.0 cm³/mol. The summed E-state index contributed by atoms with van der Waals surface area (Å²) in [7, 11) is 0. The van der Waals surface area contributed by atoms with Gasteiger partial charge in [-0.1, -0.05) is 6.58 Å². The van der Waals surface area contributed by atoms with Gasteiger partial charge in [0.2, 0.25) is 5.78 Å². The number of allylic oxidation sites excluding steroid dienone is 1. The molecule has 1 aromatic heterocycles. The van der Waals surface area contributed by atoms with Gasteiger partial charge in [0.05, 0.1) is 5.51 Å². The summed E-state index contributed by atoms with van der Waals surface area (Å²) in [5, 5.41) is 0. The average molecular weight is 232 g/mol. The second-order valence-corrected chi connectivity index (χ2v) is 4.26. The molecule has 0 spiro atoms. The molecule has 0 aliphatic rings. The molecule has 0 radical (unpaired) electrons. The number of rotatable bonds is 2. The lowest BCUT2D eigenvalue weighted by Crippen LogP contribution is -1.99. The Bertz CT molecular complexity index is 305. The molecule has 11 heavy (non-hydrogen) atoms. The van der Waals surface area contributed by atoms with Crippen LogP contribution in [0.5, 0.6) is 0 Å². The molecule has 58 valence electrons. The average Bonchev–Trinajstić information content (AvgIpc) is 2.33. The Hall–Kier alpha value is -0.480. The first-order valence-electron chi connectivity index (χ1n) is 2.92. The maximum absolute atomic E-state index is 11.2. The molecular weight excluding hydrogens is 226 g/mol. The minimum atomic E-state index is -0.0990. The van der Waals surface area contributed by atoms with Crippen LogP contribution in [0.4, 0.5) is 0 Å². The molecule has 0 N–H and O–H groups in total. The summed E-state index contributed by atoms with van der Waals surface area (Å²) in [6.07, 6.45) is 0. The van der Waals surface area contributed by atoms with Gasteiger partial charge in [-0.3, -0.25) is 4.79 Å². The van der Waals surface area contributed by atoms with Crippen LogP contribution in [0.3, 0.4) is 0 Å². The minimum absolute atomic E-state index is 0.0990. The second-order valence-electron chi connectivity index (χ2n) is 2.08. The maximum Gasteiger partial charge on any atom is 0.208 e. The molecule has 0 fully saturated rings. The third-order valence-electron chi connectivity index (χ3n) is 1.13. The number of carbonyl (C=O) groups is 1. The number of ketones is 1. The first kappa shape index (κ1) is 8.62. The number of Topliss-reactive ketones (excluding diaryl/α,β-unsaturated/α-hetero) is 1. The van der Waals surface area contributed by atoms with Gasteiger partial charge in [0.25, 0.3) is 0 Å². The lowest BCUT2D eigenvalue weighted by atomic mass is 10.2.